The lowest BCUT2D eigenvalue weighted by molar-refractivity contribution is -0.0539. The first-order chi connectivity index (χ1) is 32.0. The van der Waals surface area contributed by atoms with Gasteiger partial charge in [0.2, 0.25) is 0 Å². The van der Waals surface area contributed by atoms with Gasteiger partial charge in [-0.2, -0.15) is 10.5 Å². The average Bonchev–Trinajstić information content (AvgIpc) is 3.84. The fraction of sp³-hybridized carbons (Fsp3) is 0.370. The Hall–Kier alpha value is -6.61. The van der Waals surface area contributed by atoms with Crippen LogP contribution in [0.15, 0.2) is 72.8 Å². The second-order valence-corrected chi connectivity index (χ2v) is 19.2. The fourth-order valence-corrected chi connectivity index (χ4v) is 8.99. The molecule has 4 aliphatic heterocycles. The van der Waals surface area contributed by atoms with Crippen LogP contribution in [0, 0.1) is 64.2 Å². The molecule has 4 saturated heterocycles. The number of hydrogen-bond donors (Lipinski definition) is 4. The number of likely N-dealkylation sites (tertiary alicyclic amines) is 1. The first-order valence-corrected chi connectivity index (χ1v) is 22.8. The van der Waals surface area contributed by atoms with Gasteiger partial charge in [-0.05, 0) is 125 Å². The predicted octanol–water partition coefficient (Wildman–Crippen LogP) is 9.06. The number of carboxylic acid groups (broad SMARTS) is 1. The first-order valence-electron chi connectivity index (χ1n) is 22.8. The Morgan fingerprint density at radius 3 is 1.43 bits per heavy atom. The Morgan fingerprint density at radius 2 is 1.06 bits per heavy atom. The Balaban J connectivity index is 0.000000168. The van der Waals surface area contributed by atoms with Crippen LogP contribution in [0.25, 0.3) is 22.5 Å². The minimum absolute atomic E-state index is 0. The van der Waals surface area contributed by atoms with E-state index in [1.807, 2.05) is 100 Å². The van der Waals surface area contributed by atoms with Gasteiger partial charge in [-0.3, -0.25) is 4.79 Å². The number of aryl methyl sites for hydroxylation is 6. The van der Waals surface area contributed by atoms with Crippen molar-refractivity contribution in [2.45, 2.75) is 78.1 Å². The summed E-state index contributed by atoms with van der Waals surface area (Å²) in [6.07, 6.45) is 0. The summed E-state index contributed by atoms with van der Waals surface area (Å²) in [4.78, 5) is 43.1. The van der Waals surface area contributed by atoms with E-state index in [2.05, 4.69) is 54.3 Å². The molecule has 0 unspecified atom stereocenters. The summed E-state index contributed by atoms with van der Waals surface area (Å²) in [7, 11) is 0. The number of amides is 1. The van der Waals surface area contributed by atoms with Crippen LogP contribution in [-0.2, 0) is 20.3 Å². The van der Waals surface area contributed by atoms with Gasteiger partial charge in [0.25, 0.3) is 5.91 Å². The number of aromatic carboxylic acids is 1. The highest BCUT2D eigenvalue weighted by Crippen LogP contribution is 2.37. The minimum Gasteiger partial charge on any atom is -0.478 e. The Morgan fingerprint density at radius 1 is 0.647 bits per heavy atom. The van der Waals surface area contributed by atoms with Crippen LogP contribution in [0.2, 0.25) is 0 Å². The maximum atomic E-state index is 13.4. The van der Waals surface area contributed by atoms with Crippen molar-refractivity contribution < 1.29 is 24.2 Å². The minimum atomic E-state index is -0.911. The zero-order valence-electron chi connectivity index (χ0n) is 40.0. The number of carbonyl (C=O) groups excluding carboxylic acids is 1. The highest BCUT2D eigenvalue weighted by molar-refractivity contribution is 5.98. The maximum absolute atomic E-state index is 13.4. The molecule has 0 spiro atoms. The number of imidazole rings is 2. The van der Waals surface area contributed by atoms with Gasteiger partial charge in [0.05, 0.1) is 77.5 Å². The van der Waals surface area contributed by atoms with E-state index in [9.17, 15) is 14.7 Å². The molecule has 4 aromatic carbocycles. The summed E-state index contributed by atoms with van der Waals surface area (Å²) >= 11 is 0. The van der Waals surface area contributed by atoms with Gasteiger partial charge < -0.3 is 34.8 Å². The molecule has 0 aliphatic carbocycles. The number of carboxylic acids is 1. The quantitative estimate of drug-likeness (QED) is 0.114. The highest BCUT2D eigenvalue weighted by atomic mass is 35.5. The molecule has 6 heterocycles. The van der Waals surface area contributed by atoms with Crippen molar-refractivity contribution in [2.75, 3.05) is 52.6 Å². The molecule has 0 radical (unpaired) electrons. The molecule has 0 saturated carbocycles. The van der Waals surface area contributed by atoms with Crippen molar-refractivity contribution in [1.29, 1.82) is 10.5 Å². The zero-order chi connectivity index (χ0) is 47.8. The van der Waals surface area contributed by atoms with Crippen molar-refractivity contribution in [3.63, 3.8) is 0 Å². The molecule has 1 amide bonds. The number of hydrogen-bond acceptors (Lipinski definition) is 9. The summed E-state index contributed by atoms with van der Waals surface area (Å²) in [6.45, 7) is 22.3. The summed E-state index contributed by atoms with van der Waals surface area (Å²) in [6, 6.07) is 27.5. The molecule has 4 fully saturated rings. The standard InChI is InChI=1S/C27H28N4O2.C17H20N2O3.C10H10N2.ClH/c1-16-9-17(2)23(10-22(16)24-18(3)29-26(30-24)27(4)14-33-15-27)25(32)31-12-21(13-31)20-7-5-19(11-28)6-8-20;1-9-5-10(2)13(15(20)21)6-12(9)14-11(3)18-16(19-14)17(4)7-22-8-17;11-5-8-1-3-9(4-2-8)10-6-12-7-10;/h5-10,21H,12-15H2,1-4H3,(H,29,30);5-6H,7-8H2,1-4H3,(H,18,19)(H,20,21);1-4,10,12H,6-7H2;1H. The number of ether oxygens (including phenoxy) is 2. The van der Waals surface area contributed by atoms with E-state index < -0.39 is 5.97 Å². The summed E-state index contributed by atoms with van der Waals surface area (Å²) in [5.41, 5.74) is 14.3. The number of H-pyrrole nitrogens is 2. The van der Waals surface area contributed by atoms with Crippen LogP contribution in [0.3, 0.4) is 0 Å². The molecule has 0 atom stereocenters. The van der Waals surface area contributed by atoms with Crippen molar-refractivity contribution >= 4 is 24.3 Å². The number of carbonyl (C=O) groups is 2. The maximum Gasteiger partial charge on any atom is 0.335 e. The number of benzene rings is 4. The number of nitrogens with one attached hydrogen (secondary N) is 3. The molecular formula is C54H59ClN8O5. The second kappa shape index (κ2) is 19.9. The number of rotatable bonds is 8. The molecule has 6 aromatic rings. The number of halogens is 1. The molecule has 10 rings (SSSR count). The summed E-state index contributed by atoms with van der Waals surface area (Å²) in [5, 5.41) is 30.1. The highest BCUT2D eigenvalue weighted by Gasteiger charge is 2.40. The van der Waals surface area contributed by atoms with Gasteiger partial charge in [0, 0.05) is 66.1 Å². The average molecular weight is 936 g/mol. The zero-order valence-corrected chi connectivity index (χ0v) is 40.8. The lowest BCUT2D eigenvalue weighted by Crippen LogP contribution is -2.48. The van der Waals surface area contributed by atoms with Gasteiger partial charge >= 0.3 is 5.97 Å². The molecular weight excluding hydrogens is 876 g/mol. The molecule has 68 heavy (non-hydrogen) atoms. The predicted molar refractivity (Wildman–Crippen MR) is 264 cm³/mol. The topological polar surface area (TPSA) is 193 Å². The Bertz CT molecular complexity index is 2920. The first kappa shape index (κ1) is 49.3. The van der Waals surface area contributed by atoms with Crippen LogP contribution in [0.5, 0.6) is 0 Å². The second-order valence-electron chi connectivity index (χ2n) is 19.2. The number of nitrogens with zero attached hydrogens (tertiary/aromatic N) is 5. The van der Waals surface area contributed by atoms with Crippen LogP contribution < -0.4 is 5.32 Å². The van der Waals surface area contributed by atoms with Crippen LogP contribution in [-0.4, -0.2) is 94.4 Å². The molecule has 2 aromatic heterocycles. The number of nitriles is 2. The van der Waals surface area contributed by atoms with Gasteiger partial charge in [0.1, 0.15) is 11.6 Å². The van der Waals surface area contributed by atoms with Gasteiger partial charge in [-0.1, -0.05) is 36.4 Å². The lowest BCUT2D eigenvalue weighted by atomic mass is 9.88. The van der Waals surface area contributed by atoms with Gasteiger partial charge in [-0.25, -0.2) is 14.8 Å². The van der Waals surface area contributed by atoms with E-state index in [1.165, 1.54) is 11.1 Å². The van der Waals surface area contributed by atoms with E-state index in [0.717, 1.165) is 92.0 Å². The molecule has 13 nitrogen and oxygen atoms in total. The van der Waals surface area contributed by atoms with E-state index in [1.54, 1.807) is 6.07 Å². The fourth-order valence-electron chi connectivity index (χ4n) is 8.99. The van der Waals surface area contributed by atoms with E-state index in [0.29, 0.717) is 62.5 Å². The third-order valence-electron chi connectivity index (χ3n) is 13.7. The molecule has 4 N–H and O–H groups in total. The Labute approximate surface area is 404 Å². The summed E-state index contributed by atoms with van der Waals surface area (Å²) < 4.78 is 10.7. The van der Waals surface area contributed by atoms with E-state index in [-0.39, 0.29) is 29.1 Å². The van der Waals surface area contributed by atoms with Crippen molar-refractivity contribution in [3.05, 3.63) is 151 Å². The molecule has 0 bridgehead atoms. The normalized spacial score (nSPS) is 16.6. The van der Waals surface area contributed by atoms with E-state index >= 15 is 0 Å². The number of aromatic nitrogens is 4. The van der Waals surface area contributed by atoms with Crippen LogP contribution in [0.4, 0.5) is 0 Å². The Kier molecular flexibility index (Phi) is 14.4. The van der Waals surface area contributed by atoms with Gasteiger partial charge in [0.15, 0.2) is 0 Å². The van der Waals surface area contributed by atoms with Crippen LogP contribution >= 0.6 is 12.4 Å². The van der Waals surface area contributed by atoms with Crippen molar-refractivity contribution in [1.82, 2.24) is 30.2 Å². The van der Waals surface area contributed by atoms with Crippen molar-refractivity contribution in [3.8, 4) is 34.7 Å². The smallest absolute Gasteiger partial charge is 0.335 e. The monoisotopic (exact) mass is 934 g/mol. The third-order valence-corrected chi connectivity index (χ3v) is 13.7. The summed E-state index contributed by atoms with van der Waals surface area (Å²) in [5.74, 6) is 1.98. The van der Waals surface area contributed by atoms with Crippen molar-refractivity contribution in [2.24, 2.45) is 0 Å². The van der Waals surface area contributed by atoms with Gasteiger partial charge in [-0.15, -0.1) is 12.4 Å². The SMILES string of the molecule is Cc1cc(C)c(-c2nc(C3(C)COC3)[nH]c2C)cc1C(=O)N1CC(c2ccc(C#N)cc2)C1.Cc1cc(C)c(-c2nc(C3(C)COC3)[nH]c2C)cc1C(=O)O.Cl.N#Cc1ccc(C2CNC2)cc1. The lowest BCUT2D eigenvalue weighted by Gasteiger charge is -2.40. The molecule has 352 valence electrons. The van der Waals surface area contributed by atoms with E-state index in [4.69, 9.17) is 30.0 Å². The molecule has 4 aliphatic rings. The molecule has 14 heteroatoms. The number of aromatic amines is 2. The third kappa shape index (κ3) is 9.85. The van der Waals surface area contributed by atoms with Crippen LogP contribution in [0.1, 0.15) is 114 Å². The largest absolute Gasteiger partial charge is 0.478 e.